The highest BCUT2D eigenvalue weighted by Crippen LogP contribution is 2.38. The minimum absolute atomic E-state index is 0.00678. The number of nitrogens with zero attached hydrogens (tertiary/aromatic N) is 3. The molecule has 0 bridgehead atoms. The smallest absolute Gasteiger partial charge is 0.259 e. The van der Waals surface area contributed by atoms with Crippen LogP contribution in [0.25, 0.3) is 10.2 Å². The molecule has 9 heteroatoms. The Hall–Kier alpha value is -1.45. The average Bonchev–Trinajstić information content (AvgIpc) is 3.17. The van der Waals surface area contributed by atoms with E-state index in [1.54, 1.807) is 23.1 Å². The van der Waals surface area contributed by atoms with Crippen LogP contribution in [0.5, 0.6) is 0 Å². The highest BCUT2D eigenvalue weighted by atomic mass is 32.2. The Morgan fingerprint density at radius 3 is 2.96 bits per heavy atom. The van der Waals surface area contributed by atoms with Crippen molar-refractivity contribution in [3.8, 4) is 0 Å². The van der Waals surface area contributed by atoms with Gasteiger partial charge in [-0.2, -0.15) is 0 Å². The molecular weight excluding hydrogens is 374 g/mol. The van der Waals surface area contributed by atoms with Gasteiger partial charge in [0.25, 0.3) is 5.56 Å². The van der Waals surface area contributed by atoms with Crippen LogP contribution < -0.4 is 10.9 Å². The normalized spacial score (nSPS) is 18.3. The first-order valence-electron chi connectivity index (χ1n) is 8.27. The molecule has 1 aliphatic carbocycles. The Labute approximate surface area is 157 Å². The van der Waals surface area contributed by atoms with Crippen molar-refractivity contribution in [3.05, 3.63) is 26.6 Å². The summed E-state index contributed by atoms with van der Waals surface area (Å²) in [5.41, 5.74) is 1.22. The summed E-state index contributed by atoms with van der Waals surface area (Å²) in [6.45, 7) is 4.31. The molecule has 3 aromatic heterocycles. The monoisotopic (exact) mass is 393 g/mol. The van der Waals surface area contributed by atoms with Gasteiger partial charge in [0.05, 0.1) is 10.6 Å². The lowest BCUT2D eigenvalue weighted by atomic mass is 9.89. The van der Waals surface area contributed by atoms with Crippen LogP contribution in [-0.4, -0.2) is 27.2 Å². The molecule has 25 heavy (non-hydrogen) atoms. The lowest BCUT2D eigenvalue weighted by molar-refractivity contribution is 0.509. The van der Waals surface area contributed by atoms with Crippen LogP contribution in [0.15, 0.2) is 9.13 Å². The minimum Gasteiger partial charge on any atom is -0.363 e. The molecule has 0 unspecified atom stereocenters. The number of thioether (sulfide) groups is 1. The Kier molecular flexibility index (Phi) is 4.55. The van der Waals surface area contributed by atoms with Gasteiger partial charge < -0.3 is 10.3 Å². The van der Waals surface area contributed by atoms with Gasteiger partial charge in [-0.1, -0.05) is 30.0 Å². The lowest BCUT2D eigenvalue weighted by Gasteiger charge is -2.17. The van der Waals surface area contributed by atoms with E-state index in [0.717, 1.165) is 39.0 Å². The molecule has 4 rings (SSSR count). The molecule has 0 saturated heterocycles. The predicted molar refractivity (Wildman–Crippen MR) is 105 cm³/mol. The Balaban J connectivity index is 1.67. The third kappa shape index (κ3) is 3.20. The first-order chi connectivity index (χ1) is 12.0. The number of aromatic amines is 1. The molecule has 0 saturated carbocycles. The number of nitrogens with one attached hydrogen (secondary N) is 2. The second-order valence-electron chi connectivity index (χ2n) is 6.37. The van der Waals surface area contributed by atoms with Crippen LogP contribution in [0.1, 0.15) is 41.8 Å². The standard InChI is InChI=1S/C16H19N5OS3/c1-7-4-5-9-10(6-7)24-14-11(9)13(22)18-12(19-14)8(2)23-16-21-20-15(17-3)25-16/h7-8H,4-6H2,1-3H3,(H,17,20)(H,18,19,22)/t7-,8-/m0/s1. The second kappa shape index (κ2) is 6.69. The van der Waals surface area contributed by atoms with Crippen LogP contribution >= 0.6 is 34.4 Å². The van der Waals surface area contributed by atoms with Crippen molar-refractivity contribution in [3.63, 3.8) is 0 Å². The molecule has 0 aromatic carbocycles. The number of fused-ring (bicyclic) bond motifs is 3. The van der Waals surface area contributed by atoms with Gasteiger partial charge in [0, 0.05) is 11.9 Å². The van der Waals surface area contributed by atoms with E-state index in [-0.39, 0.29) is 10.8 Å². The predicted octanol–water partition coefficient (Wildman–Crippen LogP) is 3.86. The van der Waals surface area contributed by atoms with Gasteiger partial charge in [-0.15, -0.1) is 21.5 Å². The zero-order valence-corrected chi connectivity index (χ0v) is 16.7. The molecule has 3 heterocycles. The number of H-pyrrole nitrogens is 1. The largest absolute Gasteiger partial charge is 0.363 e. The van der Waals surface area contributed by atoms with Gasteiger partial charge in [0.1, 0.15) is 10.7 Å². The van der Waals surface area contributed by atoms with Crippen molar-refractivity contribution in [1.82, 2.24) is 20.2 Å². The summed E-state index contributed by atoms with van der Waals surface area (Å²) in [6.07, 6.45) is 3.20. The summed E-state index contributed by atoms with van der Waals surface area (Å²) in [5.74, 6) is 1.39. The fraction of sp³-hybridized carbons (Fsp3) is 0.500. The van der Waals surface area contributed by atoms with Gasteiger partial charge in [0.15, 0.2) is 4.34 Å². The molecule has 0 fully saturated rings. The second-order valence-corrected chi connectivity index (χ2v) is 10.0. The fourth-order valence-corrected chi connectivity index (χ4v) is 6.42. The Bertz CT molecular complexity index is 976. The van der Waals surface area contributed by atoms with Gasteiger partial charge in [-0.3, -0.25) is 4.79 Å². The summed E-state index contributed by atoms with van der Waals surface area (Å²) in [4.78, 5) is 22.7. The summed E-state index contributed by atoms with van der Waals surface area (Å²) in [6, 6.07) is 0. The van der Waals surface area contributed by atoms with E-state index in [9.17, 15) is 4.79 Å². The van der Waals surface area contributed by atoms with Crippen molar-refractivity contribution in [1.29, 1.82) is 0 Å². The highest BCUT2D eigenvalue weighted by Gasteiger charge is 2.24. The molecule has 0 spiro atoms. The van der Waals surface area contributed by atoms with Crippen molar-refractivity contribution >= 4 is 49.8 Å². The maximum atomic E-state index is 12.7. The van der Waals surface area contributed by atoms with E-state index in [4.69, 9.17) is 4.98 Å². The Morgan fingerprint density at radius 1 is 1.36 bits per heavy atom. The Morgan fingerprint density at radius 2 is 2.20 bits per heavy atom. The molecule has 6 nitrogen and oxygen atoms in total. The molecule has 1 aliphatic rings. The third-order valence-corrected chi connectivity index (χ3v) is 7.75. The van der Waals surface area contributed by atoms with Gasteiger partial charge in [-0.05, 0) is 37.7 Å². The number of hydrogen-bond acceptors (Lipinski definition) is 8. The summed E-state index contributed by atoms with van der Waals surface area (Å²) in [7, 11) is 1.82. The molecule has 3 aromatic rings. The number of thiophene rings is 1. The maximum absolute atomic E-state index is 12.7. The first kappa shape index (κ1) is 17.0. The van der Waals surface area contributed by atoms with E-state index in [1.807, 2.05) is 14.0 Å². The highest BCUT2D eigenvalue weighted by molar-refractivity contribution is 8.01. The molecule has 2 atom stereocenters. The minimum atomic E-state index is -0.00678. The van der Waals surface area contributed by atoms with Crippen molar-refractivity contribution in [2.75, 3.05) is 12.4 Å². The van der Waals surface area contributed by atoms with Gasteiger partial charge in [0.2, 0.25) is 5.13 Å². The van der Waals surface area contributed by atoms with E-state index in [1.165, 1.54) is 21.8 Å². The number of anilines is 1. The van der Waals surface area contributed by atoms with E-state index >= 15 is 0 Å². The maximum Gasteiger partial charge on any atom is 0.259 e. The van der Waals surface area contributed by atoms with Crippen molar-refractivity contribution in [2.45, 2.75) is 42.7 Å². The van der Waals surface area contributed by atoms with Crippen molar-refractivity contribution in [2.24, 2.45) is 5.92 Å². The molecule has 2 N–H and O–H groups in total. The summed E-state index contributed by atoms with van der Waals surface area (Å²) >= 11 is 4.75. The van der Waals surface area contributed by atoms with Crippen LogP contribution in [0.3, 0.4) is 0 Å². The number of rotatable bonds is 4. The number of aryl methyl sites for hydroxylation is 1. The van der Waals surface area contributed by atoms with Crippen LogP contribution in [-0.2, 0) is 12.8 Å². The SMILES string of the molecule is CNc1nnc(S[C@@H](C)c2nc3sc4c(c3c(=O)[nH]2)CC[C@H](C)C4)s1. The zero-order chi connectivity index (χ0) is 17.6. The average molecular weight is 394 g/mol. The molecule has 0 radical (unpaired) electrons. The van der Waals surface area contributed by atoms with E-state index < -0.39 is 0 Å². The number of hydrogen-bond donors (Lipinski definition) is 2. The van der Waals surface area contributed by atoms with Crippen LogP contribution in [0.4, 0.5) is 5.13 Å². The topological polar surface area (TPSA) is 83.6 Å². The first-order valence-corrected chi connectivity index (χ1v) is 10.8. The summed E-state index contributed by atoms with van der Waals surface area (Å²) < 4.78 is 0.860. The molecule has 0 amide bonds. The van der Waals surface area contributed by atoms with Crippen LogP contribution in [0.2, 0.25) is 0 Å². The third-order valence-electron chi connectivity index (χ3n) is 4.47. The molecule has 0 aliphatic heterocycles. The molecular formula is C16H19N5OS3. The number of aromatic nitrogens is 4. The summed E-state index contributed by atoms with van der Waals surface area (Å²) in [5, 5.41) is 12.8. The van der Waals surface area contributed by atoms with E-state index in [2.05, 4.69) is 27.4 Å². The van der Waals surface area contributed by atoms with E-state index in [0.29, 0.717) is 11.7 Å². The molecule has 132 valence electrons. The zero-order valence-electron chi connectivity index (χ0n) is 14.3. The lowest BCUT2D eigenvalue weighted by Crippen LogP contribution is -2.15. The quantitative estimate of drug-likeness (QED) is 0.655. The van der Waals surface area contributed by atoms with Crippen molar-refractivity contribution < 1.29 is 0 Å². The van der Waals surface area contributed by atoms with Gasteiger partial charge >= 0.3 is 0 Å². The fourth-order valence-electron chi connectivity index (χ4n) is 3.12. The van der Waals surface area contributed by atoms with Gasteiger partial charge in [-0.25, -0.2) is 4.98 Å². The van der Waals surface area contributed by atoms with Crippen LogP contribution in [0, 0.1) is 5.92 Å².